The molecule has 250 valence electrons. The first kappa shape index (κ1) is 33.9. The van der Waals surface area contributed by atoms with E-state index in [0.717, 1.165) is 21.8 Å². The van der Waals surface area contributed by atoms with E-state index < -0.39 is 47.0 Å². The molecule has 47 heavy (non-hydrogen) atoms. The number of thiazole rings is 1. The zero-order chi connectivity index (χ0) is 34.0. The SMILES string of the molecule is C[C@H](O/N=C(\C(=O)N[C@@H]1C(=O)N2C(C(=O)O)=C(C[n+]3cccc4c3nc(N)n4CCNCCO)CS[C@H]12)c1nc(N)sc1Cl)C(=O)O. The van der Waals surface area contributed by atoms with Crippen LogP contribution in [-0.4, -0.2) is 107 Å². The highest BCUT2D eigenvalue weighted by atomic mass is 35.5. The number of nitrogen functional groups attached to an aromatic ring is 2. The summed E-state index contributed by atoms with van der Waals surface area (Å²) in [5.74, 6) is -3.83. The zero-order valence-electron chi connectivity index (χ0n) is 24.6. The van der Waals surface area contributed by atoms with Gasteiger partial charge in [0, 0.05) is 31.0 Å². The smallest absolute Gasteiger partial charge is 0.352 e. The van der Waals surface area contributed by atoms with Gasteiger partial charge >= 0.3 is 23.5 Å². The number of carboxylic acid groups (broad SMARTS) is 2. The van der Waals surface area contributed by atoms with Crippen molar-refractivity contribution in [3.63, 3.8) is 0 Å². The highest BCUT2D eigenvalue weighted by Gasteiger charge is 2.54. The molecule has 0 aromatic carbocycles. The Morgan fingerprint density at radius 2 is 2.04 bits per heavy atom. The van der Waals surface area contributed by atoms with E-state index in [4.69, 9.17) is 38.1 Å². The fourth-order valence-corrected chi connectivity index (χ4v) is 7.23. The Labute approximate surface area is 279 Å². The Morgan fingerprint density at radius 3 is 2.70 bits per heavy atom. The van der Waals surface area contributed by atoms with Gasteiger partial charge in [0.15, 0.2) is 10.8 Å². The number of fused-ring (bicyclic) bond motifs is 2. The van der Waals surface area contributed by atoms with Crippen LogP contribution in [0, 0.1) is 0 Å². The van der Waals surface area contributed by atoms with Crippen molar-refractivity contribution in [1.29, 1.82) is 0 Å². The van der Waals surface area contributed by atoms with Crippen molar-refractivity contribution in [3.05, 3.63) is 39.6 Å². The normalized spacial score (nSPS) is 18.6. The molecular formula is C26H30ClN10O8S2+. The van der Waals surface area contributed by atoms with E-state index in [1.165, 1.54) is 18.7 Å². The molecule has 2 amide bonds. The number of nitrogens with two attached hydrogens (primary N) is 2. The van der Waals surface area contributed by atoms with E-state index >= 15 is 0 Å². The number of hydrogen-bond donors (Lipinski definition) is 7. The van der Waals surface area contributed by atoms with Crippen LogP contribution in [0.25, 0.3) is 11.2 Å². The highest BCUT2D eigenvalue weighted by Crippen LogP contribution is 2.40. The van der Waals surface area contributed by atoms with E-state index in [0.29, 0.717) is 30.9 Å². The summed E-state index contributed by atoms with van der Waals surface area (Å²) in [6, 6.07) is 2.47. The van der Waals surface area contributed by atoms with Gasteiger partial charge in [-0.1, -0.05) is 28.1 Å². The lowest BCUT2D eigenvalue weighted by Crippen LogP contribution is -2.71. The molecule has 0 saturated carbocycles. The van der Waals surface area contributed by atoms with Gasteiger partial charge in [0.2, 0.25) is 6.10 Å². The Bertz CT molecular complexity index is 1810. The third-order valence-electron chi connectivity index (χ3n) is 7.20. The van der Waals surface area contributed by atoms with Crippen molar-refractivity contribution < 1.29 is 43.9 Å². The molecule has 2 aliphatic heterocycles. The number of halogens is 1. The standard InChI is InChI=1S/C26H29ClN10O8S2/c1-11(23(41)42)45-34-15(14-18(27)47-26(29)32-14)20(39)31-16-21(40)37-17(24(43)44)12(10-46-22(16)37)9-35-6-2-3-13-19(35)33-25(28)36(13)7-4-30-5-8-38/h2-3,6,11,16,22,28,30,38H,4-5,7-10H2,1H3,(H5,29,31,32,39,41,42,43,44)/p+1/b34-15-/t11-,16+,22+/m0/s1. The number of carboxylic acids is 2. The number of oxime groups is 1. The number of carbonyl (C=O) groups excluding carboxylic acids is 2. The average molecular weight is 710 g/mol. The fraction of sp³-hybridized carbons (Fsp3) is 0.385. The maximum atomic E-state index is 13.4. The number of anilines is 2. The monoisotopic (exact) mass is 709 g/mol. The molecular weight excluding hydrogens is 680 g/mol. The van der Waals surface area contributed by atoms with Crippen LogP contribution in [0.4, 0.5) is 11.1 Å². The molecule has 21 heteroatoms. The Kier molecular flexibility index (Phi) is 10.2. The summed E-state index contributed by atoms with van der Waals surface area (Å²) < 4.78 is 3.53. The number of imidazole rings is 1. The average Bonchev–Trinajstić information content (AvgIpc) is 3.54. The molecule has 0 unspecified atom stereocenters. The van der Waals surface area contributed by atoms with Crippen LogP contribution in [0.15, 0.2) is 34.8 Å². The molecule has 3 aromatic heterocycles. The van der Waals surface area contributed by atoms with E-state index in [2.05, 4.69) is 25.8 Å². The van der Waals surface area contributed by atoms with Crippen LogP contribution in [0.2, 0.25) is 4.34 Å². The first-order chi connectivity index (χ1) is 22.4. The summed E-state index contributed by atoms with van der Waals surface area (Å²) in [7, 11) is 0. The predicted molar refractivity (Wildman–Crippen MR) is 170 cm³/mol. The summed E-state index contributed by atoms with van der Waals surface area (Å²) in [4.78, 5) is 64.9. The first-order valence-electron chi connectivity index (χ1n) is 14.0. The van der Waals surface area contributed by atoms with E-state index in [-0.39, 0.29) is 45.7 Å². The molecule has 9 N–H and O–H groups in total. The van der Waals surface area contributed by atoms with Gasteiger partial charge in [0.25, 0.3) is 11.8 Å². The number of rotatable bonds is 14. The lowest BCUT2D eigenvalue weighted by molar-refractivity contribution is -0.664. The first-order valence-corrected chi connectivity index (χ1v) is 16.2. The number of thioether (sulfide) groups is 1. The second kappa shape index (κ2) is 14.1. The number of carbonyl (C=O) groups is 4. The summed E-state index contributed by atoms with van der Waals surface area (Å²) in [6.07, 6.45) is 0.310. The minimum atomic E-state index is -1.42. The Morgan fingerprint density at radius 1 is 1.28 bits per heavy atom. The van der Waals surface area contributed by atoms with E-state index in [1.54, 1.807) is 21.4 Å². The molecule has 2 aliphatic rings. The molecule has 18 nitrogen and oxygen atoms in total. The van der Waals surface area contributed by atoms with Crippen molar-refractivity contribution in [1.82, 2.24) is 30.1 Å². The number of aromatic nitrogens is 4. The molecule has 0 spiro atoms. The molecule has 0 bridgehead atoms. The van der Waals surface area contributed by atoms with Crippen LogP contribution in [-0.2, 0) is 37.1 Å². The largest absolute Gasteiger partial charge is 0.478 e. The fourth-order valence-electron chi connectivity index (χ4n) is 4.96. The van der Waals surface area contributed by atoms with Crippen molar-refractivity contribution in [2.24, 2.45) is 5.16 Å². The summed E-state index contributed by atoms with van der Waals surface area (Å²) in [5.41, 5.74) is 12.7. The Hall–Kier alpha value is -4.50. The van der Waals surface area contributed by atoms with Crippen molar-refractivity contribution in [3.8, 4) is 0 Å². The van der Waals surface area contributed by atoms with Crippen LogP contribution in [0.3, 0.4) is 0 Å². The molecule has 1 saturated heterocycles. The van der Waals surface area contributed by atoms with Crippen LogP contribution >= 0.6 is 34.7 Å². The quantitative estimate of drug-likeness (QED) is 0.0341. The topological polar surface area (TPSA) is 264 Å². The van der Waals surface area contributed by atoms with Gasteiger partial charge in [0.1, 0.15) is 39.2 Å². The third-order valence-corrected chi connectivity index (χ3v) is 9.62. The summed E-state index contributed by atoms with van der Waals surface area (Å²) in [6.45, 7) is 2.75. The number of aliphatic hydroxyl groups is 1. The van der Waals surface area contributed by atoms with Crippen LogP contribution in [0.5, 0.6) is 0 Å². The lowest BCUT2D eigenvalue weighted by Gasteiger charge is -2.49. The van der Waals surface area contributed by atoms with Gasteiger partial charge in [-0.3, -0.25) is 19.1 Å². The molecule has 0 radical (unpaired) electrons. The minimum Gasteiger partial charge on any atom is -0.478 e. The number of amides is 2. The van der Waals surface area contributed by atoms with Crippen molar-refractivity contribution in [2.75, 3.05) is 36.9 Å². The zero-order valence-corrected chi connectivity index (χ0v) is 27.0. The van der Waals surface area contributed by atoms with Gasteiger partial charge in [-0.25, -0.2) is 19.1 Å². The highest BCUT2D eigenvalue weighted by molar-refractivity contribution is 8.00. The van der Waals surface area contributed by atoms with Gasteiger partial charge in [-0.05, 0) is 24.0 Å². The number of hydrogen-bond acceptors (Lipinski definition) is 14. The molecule has 3 aromatic rings. The second-order valence-corrected chi connectivity index (χ2v) is 13.0. The van der Waals surface area contributed by atoms with E-state index in [9.17, 15) is 24.3 Å². The van der Waals surface area contributed by atoms with Gasteiger partial charge < -0.3 is 42.3 Å². The number of aliphatic carboxylic acids is 2. The molecule has 5 rings (SSSR count). The second-order valence-electron chi connectivity index (χ2n) is 10.3. The van der Waals surface area contributed by atoms with Gasteiger partial charge in [0.05, 0.1) is 12.8 Å². The molecule has 3 atom stereocenters. The van der Waals surface area contributed by atoms with E-state index in [1.807, 2.05) is 6.07 Å². The third kappa shape index (κ3) is 6.81. The van der Waals surface area contributed by atoms with Gasteiger partial charge in [-0.2, -0.15) is 0 Å². The molecule has 5 heterocycles. The molecule has 1 fully saturated rings. The molecule has 0 aliphatic carbocycles. The number of β-lactam (4-membered cyclic amide) rings is 1. The van der Waals surface area contributed by atoms with Crippen LogP contribution < -0.4 is 26.7 Å². The Balaban J connectivity index is 1.37. The number of aliphatic hydroxyl groups excluding tert-OH is 1. The minimum absolute atomic E-state index is 0.00188. The van der Waals surface area contributed by atoms with Gasteiger partial charge in [-0.15, -0.1) is 11.8 Å². The maximum Gasteiger partial charge on any atom is 0.352 e. The lowest BCUT2D eigenvalue weighted by atomic mass is 10.0. The maximum absolute atomic E-state index is 13.4. The summed E-state index contributed by atoms with van der Waals surface area (Å²) in [5, 5.41) is 36.8. The number of nitrogens with one attached hydrogen (secondary N) is 2. The number of nitrogens with zero attached hydrogens (tertiary/aromatic N) is 6. The summed E-state index contributed by atoms with van der Waals surface area (Å²) >= 11 is 8.27. The predicted octanol–water partition coefficient (Wildman–Crippen LogP) is -1.19. The van der Waals surface area contributed by atoms with Crippen LogP contribution in [0.1, 0.15) is 12.6 Å². The van der Waals surface area contributed by atoms with Crippen molar-refractivity contribution in [2.45, 2.75) is 37.5 Å². The number of pyridine rings is 1. The van der Waals surface area contributed by atoms with Crippen molar-refractivity contribution >= 4 is 86.4 Å².